The van der Waals surface area contributed by atoms with E-state index in [1.165, 1.54) is 6.07 Å². The Labute approximate surface area is 176 Å². The Kier molecular flexibility index (Phi) is 4.47. The molecule has 1 aromatic carbocycles. The molecule has 11 heteroatoms. The third-order valence-electron chi connectivity index (χ3n) is 5.95. The molecule has 31 heavy (non-hydrogen) atoms. The molecular formula is C20H21F3N5O3+. The predicted octanol–water partition coefficient (Wildman–Crippen LogP) is 1.80. The van der Waals surface area contributed by atoms with Gasteiger partial charge in [-0.15, -0.1) is 0 Å². The summed E-state index contributed by atoms with van der Waals surface area (Å²) < 4.78 is 39.8. The van der Waals surface area contributed by atoms with Crippen LogP contribution in [0.2, 0.25) is 0 Å². The minimum Gasteiger partial charge on any atom is -0.346 e. The molecule has 3 aliphatic rings. The van der Waals surface area contributed by atoms with Crippen molar-refractivity contribution in [3.05, 3.63) is 29.3 Å². The number of quaternary nitrogens is 1. The van der Waals surface area contributed by atoms with Crippen molar-refractivity contribution in [3.8, 4) is 6.07 Å². The number of fused-ring (bicyclic) bond motifs is 1. The van der Waals surface area contributed by atoms with Gasteiger partial charge in [0.2, 0.25) is 0 Å². The Bertz CT molecular complexity index is 1040. The van der Waals surface area contributed by atoms with Crippen LogP contribution < -0.4 is 10.2 Å². The number of rotatable bonds is 2. The number of halogens is 3. The summed E-state index contributed by atoms with van der Waals surface area (Å²) in [5.74, 6) is -1.02. The van der Waals surface area contributed by atoms with Crippen LogP contribution in [0.3, 0.4) is 0 Å². The van der Waals surface area contributed by atoms with E-state index in [0.717, 1.165) is 17.0 Å². The molecule has 0 saturated carbocycles. The third-order valence-corrected chi connectivity index (χ3v) is 5.95. The normalized spacial score (nSPS) is 29.8. The van der Waals surface area contributed by atoms with E-state index in [9.17, 15) is 27.6 Å². The number of nitriles is 1. The monoisotopic (exact) mass is 436 g/mol. The molecular weight excluding hydrogens is 415 g/mol. The van der Waals surface area contributed by atoms with E-state index in [2.05, 4.69) is 5.32 Å². The zero-order chi connectivity index (χ0) is 22.9. The molecule has 3 aliphatic heterocycles. The van der Waals surface area contributed by atoms with E-state index in [4.69, 9.17) is 5.26 Å². The number of carbonyl (C=O) groups excluding carboxylic acids is 3. The number of amides is 4. The smallest absolute Gasteiger partial charge is 0.346 e. The van der Waals surface area contributed by atoms with Gasteiger partial charge in [0.15, 0.2) is 12.1 Å². The SMILES string of the molecule is CC(C)(C)NC(=O)C1CN2CC3C(=O)N(c4ccc(C#N)c(C(F)(F)F)c4)C(=O)[N+]13C2. The number of nitrogens with zero attached hydrogens (tertiary/aromatic N) is 4. The van der Waals surface area contributed by atoms with Crippen molar-refractivity contribution in [2.75, 3.05) is 24.7 Å². The lowest BCUT2D eigenvalue weighted by molar-refractivity contribution is -0.853. The molecule has 0 radical (unpaired) electrons. The number of benzene rings is 1. The lowest BCUT2D eigenvalue weighted by Gasteiger charge is -2.34. The molecule has 1 aromatic rings. The standard InChI is InChI=1S/C20H20F3N5O3/c1-19(2,3)25-16(29)14-8-26-9-15-17(30)27(18(31)28(14,15)10-26)12-5-4-11(7-24)13(6-12)20(21,22)23/h4-6,14-15H,8-10H2,1-3H3/p+1. The van der Waals surface area contributed by atoms with Gasteiger partial charge in [-0.3, -0.25) is 9.59 Å². The summed E-state index contributed by atoms with van der Waals surface area (Å²) in [5.41, 5.74) is -2.62. The van der Waals surface area contributed by atoms with Gasteiger partial charge < -0.3 is 5.32 Å². The fraction of sp³-hybridized carbons (Fsp3) is 0.500. The van der Waals surface area contributed by atoms with E-state index in [1.807, 2.05) is 4.90 Å². The molecule has 2 bridgehead atoms. The van der Waals surface area contributed by atoms with Crippen LogP contribution in [0.25, 0.3) is 0 Å². The van der Waals surface area contributed by atoms with Crippen molar-refractivity contribution in [3.63, 3.8) is 0 Å². The van der Waals surface area contributed by atoms with Gasteiger partial charge in [-0.25, -0.2) is 14.2 Å². The van der Waals surface area contributed by atoms with Gasteiger partial charge >= 0.3 is 12.2 Å². The van der Waals surface area contributed by atoms with Crippen LogP contribution in [-0.2, 0) is 15.8 Å². The van der Waals surface area contributed by atoms with Gasteiger partial charge in [0.1, 0.15) is 6.67 Å². The Morgan fingerprint density at radius 2 is 1.90 bits per heavy atom. The van der Waals surface area contributed by atoms with E-state index in [-0.39, 0.29) is 31.4 Å². The molecule has 0 aromatic heterocycles. The first-order chi connectivity index (χ1) is 14.3. The van der Waals surface area contributed by atoms with Gasteiger partial charge in [-0.05, 0) is 39.0 Å². The summed E-state index contributed by atoms with van der Waals surface area (Å²) >= 11 is 0. The minimum absolute atomic E-state index is 0.149. The molecule has 4 amide bonds. The number of hydrogen-bond donors (Lipinski definition) is 1. The summed E-state index contributed by atoms with van der Waals surface area (Å²) in [4.78, 5) is 42.2. The molecule has 1 N–H and O–H groups in total. The number of piperazine rings is 1. The van der Waals surface area contributed by atoms with Crippen LogP contribution in [0.1, 0.15) is 31.9 Å². The molecule has 3 heterocycles. The van der Waals surface area contributed by atoms with E-state index in [1.54, 1.807) is 20.8 Å². The van der Waals surface area contributed by atoms with E-state index < -0.39 is 51.3 Å². The number of hydrogen-bond acceptors (Lipinski definition) is 5. The number of alkyl halides is 3. The summed E-state index contributed by atoms with van der Waals surface area (Å²) in [6.07, 6.45) is -4.82. The largest absolute Gasteiger partial charge is 0.433 e. The second-order valence-corrected chi connectivity index (χ2v) is 9.17. The molecule has 8 nitrogen and oxygen atoms in total. The molecule has 3 saturated heterocycles. The van der Waals surface area contributed by atoms with Crippen molar-refractivity contribution in [1.29, 1.82) is 5.26 Å². The molecule has 3 fully saturated rings. The van der Waals surface area contributed by atoms with Crippen molar-refractivity contribution < 1.29 is 32.0 Å². The number of nitrogens with one attached hydrogen (secondary N) is 1. The summed E-state index contributed by atoms with van der Waals surface area (Å²) in [6, 6.07) is 1.81. The highest BCUT2D eigenvalue weighted by molar-refractivity contribution is 6.18. The first-order valence-electron chi connectivity index (χ1n) is 9.71. The van der Waals surface area contributed by atoms with E-state index >= 15 is 0 Å². The quantitative estimate of drug-likeness (QED) is 0.564. The Morgan fingerprint density at radius 3 is 2.48 bits per heavy atom. The van der Waals surface area contributed by atoms with Gasteiger partial charge in [0, 0.05) is 5.54 Å². The fourth-order valence-electron chi connectivity index (χ4n) is 4.73. The molecule has 4 unspecified atom stereocenters. The summed E-state index contributed by atoms with van der Waals surface area (Å²) in [6.45, 7) is 6.07. The van der Waals surface area contributed by atoms with Crippen LogP contribution in [-0.4, -0.2) is 64.6 Å². The molecule has 1 spiro atoms. The van der Waals surface area contributed by atoms with Crippen molar-refractivity contribution in [2.45, 2.75) is 44.6 Å². The van der Waals surface area contributed by atoms with Crippen LogP contribution in [0.5, 0.6) is 0 Å². The van der Waals surface area contributed by atoms with Crippen molar-refractivity contribution in [2.24, 2.45) is 0 Å². The van der Waals surface area contributed by atoms with Gasteiger partial charge in [-0.2, -0.15) is 23.3 Å². The Balaban J connectivity index is 1.75. The lowest BCUT2D eigenvalue weighted by Crippen LogP contribution is -2.65. The van der Waals surface area contributed by atoms with E-state index in [0.29, 0.717) is 6.07 Å². The average Bonchev–Trinajstić information content (AvgIpc) is 3.28. The molecule has 0 aliphatic carbocycles. The second kappa shape index (κ2) is 6.51. The van der Waals surface area contributed by atoms with Crippen LogP contribution >= 0.6 is 0 Å². The molecule has 4 atom stereocenters. The number of imide groups is 1. The zero-order valence-electron chi connectivity index (χ0n) is 17.2. The molecule has 164 valence electrons. The fourth-order valence-corrected chi connectivity index (χ4v) is 4.73. The highest BCUT2D eigenvalue weighted by atomic mass is 19.4. The molecule has 4 rings (SSSR count). The summed E-state index contributed by atoms with van der Waals surface area (Å²) in [7, 11) is 0. The predicted molar refractivity (Wildman–Crippen MR) is 101 cm³/mol. The number of carbonyl (C=O) groups is 3. The average molecular weight is 436 g/mol. The first kappa shape index (κ1) is 21.3. The van der Waals surface area contributed by atoms with Gasteiger partial charge in [-0.1, -0.05) is 0 Å². The Hall–Kier alpha value is -2.97. The summed E-state index contributed by atoms with van der Waals surface area (Å²) in [5, 5.41) is 11.8. The second-order valence-electron chi connectivity index (χ2n) is 9.17. The van der Waals surface area contributed by atoms with Crippen LogP contribution in [0.15, 0.2) is 18.2 Å². The maximum absolute atomic E-state index is 13.5. The number of anilines is 1. The van der Waals surface area contributed by atoms with Crippen molar-refractivity contribution in [1.82, 2.24) is 10.2 Å². The van der Waals surface area contributed by atoms with Gasteiger partial charge in [0.25, 0.3) is 11.8 Å². The zero-order valence-corrected chi connectivity index (χ0v) is 17.2. The highest BCUT2D eigenvalue weighted by Gasteiger charge is 2.73. The number of urea groups is 1. The van der Waals surface area contributed by atoms with Crippen LogP contribution in [0, 0.1) is 11.3 Å². The first-order valence-corrected chi connectivity index (χ1v) is 9.71. The van der Waals surface area contributed by atoms with Crippen LogP contribution in [0.4, 0.5) is 23.7 Å². The maximum atomic E-state index is 13.5. The van der Waals surface area contributed by atoms with Crippen molar-refractivity contribution >= 4 is 23.5 Å². The van der Waals surface area contributed by atoms with Gasteiger partial charge in [0.05, 0.1) is 36.0 Å². The Morgan fingerprint density at radius 1 is 1.23 bits per heavy atom. The highest BCUT2D eigenvalue weighted by Crippen LogP contribution is 2.44. The minimum atomic E-state index is -4.82. The lowest BCUT2D eigenvalue weighted by atomic mass is 10.0. The third kappa shape index (κ3) is 3.09. The maximum Gasteiger partial charge on any atom is 0.433 e. The topological polar surface area (TPSA) is 93.5 Å².